The molecule has 4 nitrogen and oxygen atoms in total. The van der Waals surface area contributed by atoms with Crippen molar-refractivity contribution < 1.29 is 9.21 Å². The average Bonchev–Trinajstić information content (AvgIpc) is 3.16. The van der Waals surface area contributed by atoms with Gasteiger partial charge in [0.25, 0.3) is 0 Å². The highest BCUT2D eigenvalue weighted by Gasteiger charge is 2.44. The fourth-order valence-corrected chi connectivity index (χ4v) is 2.84. The van der Waals surface area contributed by atoms with Gasteiger partial charge in [0.2, 0.25) is 5.91 Å². The number of hydrazone groups is 1. The summed E-state index contributed by atoms with van der Waals surface area (Å²) in [7, 11) is 0. The number of furan rings is 1. The topological polar surface area (TPSA) is 54.6 Å². The van der Waals surface area contributed by atoms with Gasteiger partial charge in [0, 0.05) is 5.92 Å². The fraction of sp³-hybridized carbons (Fsp3) is 0.400. The van der Waals surface area contributed by atoms with Gasteiger partial charge in [0.05, 0.1) is 6.26 Å². The molecule has 1 N–H and O–H groups in total. The first-order chi connectivity index (χ1) is 11.4. The third-order valence-electron chi connectivity index (χ3n) is 4.54. The van der Waals surface area contributed by atoms with Gasteiger partial charge in [-0.25, -0.2) is 5.43 Å². The lowest BCUT2D eigenvalue weighted by Gasteiger charge is -2.19. The Balaban J connectivity index is 1.59. The minimum atomic E-state index is -0.0224. The molecule has 1 aliphatic rings. The van der Waals surface area contributed by atoms with E-state index < -0.39 is 0 Å². The molecule has 1 fully saturated rings. The van der Waals surface area contributed by atoms with Crippen molar-refractivity contribution in [1.82, 2.24) is 5.43 Å². The Morgan fingerprint density at radius 3 is 2.50 bits per heavy atom. The molecule has 0 radical (unpaired) electrons. The van der Waals surface area contributed by atoms with Crippen LogP contribution < -0.4 is 5.43 Å². The van der Waals surface area contributed by atoms with Gasteiger partial charge in [0.1, 0.15) is 11.5 Å². The number of carbonyl (C=O) groups is 1. The Kier molecular flexibility index (Phi) is 4.31. The number of carbonyl (C=O) groups excluding carboxylic acids is 1. The van der Waals surface area contributed by atoms with Crippen LogP contribution in [0.25, 0.3) is 0 Å². The predicted octanol–water partition coefficient (Wildman–Crippen LogP) is 4.22. The van der Waals surface area contributed by atoms with Gasteiger partial charge >= 0.3 is 0 Å². The molecular weight excluding hydrogens is 300 g/mol. The van der Waals surface area contributed by atoms with Crippen LogP contribution in [0.1, 0.15) is 56.9 Å². The zero-order valence-corrected chi connectivity index (χ0v) is 14.7. The summed E-state index contributed by atoms with van der Waals surface area (Å²) >= 11 is 0. The maximum Gasteiger partial charge on any atom is 0.243 e. The van der Waals surface area contributed by atoms with Crippen LogP contribution >= 0.6 is 0 Å². The van der Waals surface area contributed by atoms with Gasteiger partial charge in [-0.3, -0.25) is 4.79 Å². The zero-order chi connectivity index (χ0) is 17.3. The van der Waals surface area contributed by atoms with Crippen LogP contribution in [0.4, 0.5) is 0 Å². The second kappa shape index (κ2) is 6.27. The van der Waals surface area contributed by atoms with Crippen LogP contribution in [0.5, 0.6) is 0 Å². The molecular formula is C20H24N2O2. The second-order valence-electron chi connectivity index (χ2n) is 7.47. The van der Waals surface area contributed by atoms with Crippen LogP contribution in [0.2, 0.25) is 0 Å². The number of nitrogens with one attached hydrogen (secondary N) is 1. The largest absolute Gasteiger partial charge is 0.463 e. The van der Waals surface area contributed by atoms with Crippen molar-refractivity contribution in [3.05, 3.63) is 59.5 Å². The number of benzene rings is 1. The molecule has 1 aromatic heterocycles. The van der Waals surface area contributed by atoms with E-state index in [1.807, 2.05) is 13.0 Å². The van der Waals surface area contributed by atoms with E-state index in [4.69, 9.17) is 4.42 Å². The van der Waals surface area contributed by atoms with Gasteiger partial charge in [-0.15, -0.1) is 0 Å². The zero-order valence-electron chi connectivity index (χ0n) is 14.7. The molecule has 1 aromatic carbocycles. The summed E-state index contributed by atoms with van der Waals surface area (Å²) in [6.07, 6.45) is 2.48. The van der Waals surface area contributed by atoms with Crippen LogP contribution in [0.3, 0.4) is 0 Å². The molecule has 0 aliphatic heterocycles. The van der Waals surface area contributed by atoms with Gasteiger partial charge in [0.15, 0.2) is 0 Å². The summed E-state index contributed by atoms with van der Waals surface area (Å²) in [4.78, 5) is 12.2. The molecule has 2 unspecified atom stereocenters. The third-order valence-corrected chi connectivity index (χ3v) is 4.54. The highest BCUT2D eigenvalue weighted by molar-refractivity contribution is 5.97. The van der Waals surface area contributed by atoms with Crippen molar-refractivity contribution in [2.75, 3.05) is 0 Å². The number of rotatable bonds is 4. The van der Waals surface area contributed by atoms with Crippen LogP contribution in [0.15, 0.2) is 52.2 Å². The Morgan fingerprint density at radius 1 is 1.21 bits per heavy atom. The fourth-order valence-electron chi connectivity index (χ4n) is 2.84. The monoisotopic (exact) mass is 324 g/mol. The predicted molar refractivity (Wildman–Crippen MR) is 95.1 cm³/mol. The molecule has 4 heteroatoms. The summed E-state index contributed by atoms with van der Waals surface area (Å²) < 4.78 is 5.25. The molecule has 24 heavy (non-hydrogen) atoms. The Bertz CT molecular complexity index is 737. The highest BCUT2D eigenvalue weighted by atomic mass is 16.3. The van der Waals surface area contributed by atoms with E-state index in [9.17, 15) is 4.79 Å². The van der Waals surface area contributed by atoms with Gasteiger partial charge in [-0.1, -0.05) is 45.0 Å². The molecule has 2 aromatic rings. The Morgan fingerprint density at radius 2 is 1.92 bits per heavy atom. The molecule has 0 saturated heterocycles. The molecule has 1 amide bonds. The molecule has 3 rings (SSSR count). The first-order valence-electron chi connectivity index (χ1n) is 8.35. The summed E-state index contributed by atoms with van der Waals surface area (Å²) in [5.74, 6) is 0.961. The van der Waals surface area contributed by atoms with E-state index in [2.05, 4.69) is 55.6 Å². The maximum absolute atomic E-state index is 12.2. The Labute approximate surface area is 143 Å². The van der Waals surface area contributed by atoms with Crippen LogP contribution in [-0.2, 0) is 10.2 Å². The van der Waals surface area contributed by atoms with E-state index in [1.54, 1.807) is 12.3 Å². The van der Waals surface area contributed by atoms with E-state index in [0.29, 0.717) is 17.4 Å². The van der Waals surface area contributed by atoms with Gasteiger partial charge in [-0.05, 0) is 47.9 Å². The highest BCUT2D eigenvalue weighted by Crippen LogP contribution is 2.47. The molecule has 2 atom stereocenters. The lowest BCUT2D eigenvalue weighted by molar-refractivity contribution is -0.122. The Hall–Kier alpha value is -2.36. The van der Waals surface area contributed by atoms with Crippen molar-refractivity contribution in [2.24, 2.45) is 11.0 Å². The van der Waals surface area contributed by atoms with Crippen molar-refractivity contribution in [3.63, 3.8) is 0 Å². The average molecular weight is 324 g/mol. The van der Waals surface area contributed by atoms with Crippen molar-refractivity contribution in [1.29, 1.82) is 0 Å². The minimum absolute atomic E-state index is 0.0126. The lowest BCUT2D eigenvalue weighted by atomic mass is 9.86. The lowest BCUT2D eigenvalue weighted by Crippen LogP contribution is -2.21. The third kappa shape index (κ3) is 3.58. The van der Waals surface area contributed by atoms with E-state index >= 15 is 0 Å². The van der Waals surface area contributed by atoms with Crippen LogP contribution in [-0.4, -0.2) is 11.6 Å². The molecule has 0 spiro atoms. The molecule has 1 aliphatic carbocycles. The summed E-state index contributed by atoms with van der Waals surface area (Å²) in [5.41, 5.74) is 6.02. The van der Waals surface area contributed by atoms with Gasteiger partial charge < -0.3 is 4.42 Å². The van der Waals surface area contributed by atoms with E-state index in [-0.39, 0.29) is 17.2 Å². The number of amides is 1. The summed E-state index contributed by atoms with van der Waals surface area (Å²) in [5, 5.41) is 4.13. The van der Waals surface area contributed by atoms with Crippen molar-refractivity contribution >= 4 is 11.6 Å². The number of hydrogen-bond acceptors (Lipinski definition) is 3. The van der Waals surface area contributed by atoms with Crippen molar-refractivity contribution in [2.45, 2.75) is 45.4 Å². The SMILES string of the molecule is C/C(=N/NC(=O)C1CC1c1ccc(C(C)(C)C)cc1)c1ccco1. The van der Waals surface area contributed by atoms with E-state index in [0.717, 1.165) is 6.42 Å². The first kappa shape index (κ1) is 16.5. The second-order valence-corrected chi connectivity index (χ2v) is 7.47. The smallest absolute Gasteiger partial charge is 0.243 e. The molecule has 0 bridgehead atoms. The standard InChI is InChI=1S/C20H24N2O2/c1-13(18-6-5-11-24-18)21-22-19(23)17-12-16(17)14-7-9-15(10-8-14)20(2,3)4/h5-11,16-17H,12H2,1-4H3,(H,22,23)/b21-13-. The van der Waals surface area contributed by atoms with E-state index in [1.165, 1.54) is 11.1 Å². The minimum Gasteiger partial charge on any atom is -0.463 e. The summed E-state index contributed by atoms with van der Waals surface area (Å²) in [6.45, 7) is 8.42. The quantitative estimate of drug-likeness (QED) is 0.676. The first-order valence-corrected chi connectivity index (χ1v) is 8.35. The molecule has 1 heterocycles. The maximum atomic E-state index is 12.2. The molecule has 126 valence electrons. The normalized spacial score (nSPS) is 20.8. The number of hydrogen-bond donors (Lipinski definition) is 1. The number of nitrogens with zero attached hydrogens (tertiary/aromatic N) is 1. The molecule has 1 saturated carbocycles. The summed E-state index contributed by atoms with van der Waals surface area (Å²) in [6, 6.07) is 12.3. The van der Waals surface area contributed by atoms with Gasteiger partial charge in [-0.2, -0.15) is 5.10 Å². The van der Waals surface area contributed by atoms with Crippen molar-refractivity contribution in [3.8, 4) is 0 Å². The van der Waals surface area contributed by atoms with Crippen LogP contribution in [0, 0.1) is 5.92 Å².